The largest absolute Gasteiger partial charge is 0.324 e. The van der Waals surface area contributed by atoms with Crippen LogP contribution in [0.1, 0.15) is 110 Å². The molecule has 2 N–H and O–H groups in total. The summed E-state index contributed by atoms with van der Waals surface area (Å²) in [5, 5.41) is 0. The van der Waals surface area contributed by atoms with Crippen molar-refractivity contribution < 1.29 is 4.79 Å². The molecule has 1 atom stereocenters. The summed E-state index contributed by atoms with van der Waals surface area (Å²) in [5.41, 5.74) is 7.32. The minimum atomic E-state index is 0.138. The summed E-state index contributed by atoms with van der Waals surface area (Å²) in [6, 6.07) is 0.138. The lowest BCUT2D eigenvalue weighted by Gasteiger charge is -2.10. The van der Waals surface area contributed by atoms with Gasteiger partial charge in [0.15, 0.2) is 5.78 Å². The minimum absolute atomic E-state index is 0.138. The zero-order chi connectivity index (χ0) is 20.9. The van der Waals surface area contributed by atoms with Crippen LogP contribution in [0, 0.1) is 0 Å². The van der Waals surface area contributed by atoms with Gasteiger partial charge < -0.3 is 5.73 Å². The fraction of sp³-hybridized carbons (Fsp3) is 0.760. The third-order valence-corrected chi connectivity index (χ3v) is 5.26. The lowest BCUT2D eigenvalue weighted by atomic mass is 10.00. The molecular weight excluding hydrogens is 344 g/mol. The van der Waals surface area contributed by atoms with Gasteiger partial charge in [0.1, 0.15) is 0 Å². The Morgan fingerprint density at radius 1 is 0.821 bits per heavy atom. The van der Waals surface area contributed by atoms with Crippen LogP contribution in [0.25, 0.3) is 0 Å². The van der Waals surface area contributed by atoms with E-state index in [-0.39, 0.29) is 11.8 Å². The Bertz CT molecular complexity index is 449. The van der Waals surface area contributed by atoms with E-state index in [1.165, 1.54) is 82.6 Å². The number of hydrogen-bond donors (Lipinski definition) is 1. The second kappa shape index (κ2) is 20.5. The molecule has 0 bridgehead atoms. The van der Waals surface area contributed by atoms with Gasteiger partial charge in [0.25, 0.3) is 0 Å². The topological polar surface area (TPSA) is 55.5 Å². The zero-order valence-corrected chi connectivity index (χ0v) is 18.9. The van der Waals surface area contributed by atoms with Crippen LogP contribution in [0.15, 0.2) is 28.8 Å². The Morgan fingerprint density at radius 2 is 1.25 bits per heavy atom. The molecule has 0 aromatic rings. The Hall–Kier alpha value is -1.22. The number of nitrogens with zero attached hydrogens (tertiary/aromatic N) is 1. The first-order valence-corrected chi connectivity index (χ1v) is 11.6. The SMILES string of the molecule is C/C=C/C(=O)CCCCCCCCCCCCCCC/C(=C\C=N/C)C(C)N. The summed E-state index contributed by atoms with van der Waals surface area (Å²) in [5.74, 6) is 0.277. The molecule has 3 heteroatoms. The quantitative estimate of drug-likeness (QED) is 0.147. The number of allylic oxidation sites excluding steroid dienone is 3. The average molecular weight is 391 g/mol. The van der Waals surface area contributed by atoms with Gasteiger partial charge in [0.2, 0.25) is 0 Å². The lowest BCUT2D eigenvalue weighted by Crippen LogP contribution is -2.18. The number of carbonyl (C=O) groups is 1. The molecule has 0 heterocycles. The van der Waals surface area contributed by atoms with Gasteiger partial charge in [-0.15, -0.1) is 0 Å². The highest BCUT2D eigenvalue weighted by atomic mass is 16.1. The summed E-state index contributed by atoms with van der Waals surface area (Å²) in [4.78, 5) is 15.4. The van der Waals surface area contributed by atoms with Crippen LogP contribution in [0.3, 0.4) is 0 Å². The normalized spacial score (nSPS) is 13.6. The first kappa shape index (κ1) is 26.8. The maximum Gasteiger partial charge on any atom is 0.155 e. The van der Waals surface area contributed by atoms with Crippen molar-refractivity contribution in [2.24, 2.45) is 10.7 Å². The van der Waals surface area contributed by atoms with Crippen molar-refractivity contribution in [3.05, 3.63) is 23.8 Å². The van der Waals surface area contributed by atoms with Crippen LogP contribution in [0.5, 0.6) is 0 Å². The number of rotatable bonds is 19. The fourth-order valence-corrected chi connectivity index (χ4v) is 3.48. The van der Waals surface area contributed by atoms with E-state index >= 15 is 0 Å². The smallest absolute Gasteiger partial charge is 0.155 e. The first-order chi connectivity index (χ1) is 13.6. The molecule has 162 valence electrons. The number of carbonyl (C=O) groups excluding carboxylic acids is 1. The second-order valence-electron chi connectivity index (χ2n) is 8.00. The molecule has 0 fully saturated rings. The molecule has 0 saturated carbocycles. The molecular formula is C25H46N2O. The standard InChI is InChI=1S/C25H46N2O/c1-4-18-25(28)20-17-15-13-11-9-7-5-6-8-10-12-14-16-19-24(23(2)26)21-22-27-3/h4,18,21-23H,5-17,19-20,26H2,1-3H3/b18-4+,24-21+,27-22-. The first-order valence-electron chi connectivity index (χ1n) is 11.6. The van der Waals surface area contributed by atoms with Gasteiger partial charge in [-0.2, -0.15) is 0 Å². The number of hydrogen-bond acceptors (Lipinski definition) is 3. The van der Waals surface area contributed by atoms with Crippen molar-refractivity contribution >= 4 is 12.0 Å². The van der Waals surface area contributed by atoms with Gasteiger partial charge in [0.05, 0.1) is 0 Å². The van der Waals surface area contributed by atoms with Gasteiger partial charge in [-0.05, 0) is 45.3 Å². The van der Waals surface area contributed by atoms with Crippen molar-refractivity contribution in [1.82, 2.24) is 0 Å². The maximum absolute atomic E-state index is 11.4. The Labute approximate surface area is 175 Å². The molecule has 0 aliphatic heterocycles. The molecule has 0 spiro atoms. The van der Waals surface area contributed by atoms with E-state index in [0.29, 0.717) is 0 Å². The third kappa shape index (κ3) is 18.2. The van der Waals surface area contributed by atoms with Crippen LogP contribution in [0.4, 0.5) is 0 Å². The van der Waals surface area contributed by atoms with Crippen LogP contribution >= 0.6 is 0 Å². The van der Waals surface area contributed by atoms with Crippen molar-refractivity contribution in [3.63, 3.8) is 0 Å². The van der Waals surface area contributed by atoms with Crippen molar-refractivity contribution in [2.45, 2.75) is 116 Å². The predicted molar refractivity (Wildman–Crippen MR) is 125 cm³/mol. The molecule has 0 aliphatic rings. The average Bonchev–Trinajstić information content (AvgIpc) is 2.67. The van der Waals surface area contributed by atoms with E-state index < -0.39 is 0 Å². The number of nitrogens with two attached hydrogens (primary N) is 1. The van der Waals surface area contributed by atoms with Crippen molar-refractivity contribution in [2.75, 3.05) is 7.05 Å². The van der Waals surface area contributed by atoms with E-state index in [2.05, 4.69) is 18.0 Å². The molecule has 28 heavy (non-hydrogen) atoms. The van der Waals surface area contributed by atoms with E-state index in [1.807, 2.05) is 19.2 Å². The molecule has 3 nitrogen and oxygen atoms in total. The highest BCUT2D eigenvalue weighted by molar-refractivity contribution is 5.89. The highest BCUT2D eigenvalue weighted by Gasteiger charge is 2.02. The van der Waals surface area contributed by atoms with E-state index in [1.54, 1.807) is 13.1 Å². The van der Waals surface area contributed by atoms with Crippen molar-refractivity contribution in [1.29, 1.82) is 0 Å². The zero-order valence-electron chi connectivity index (χ0n) is 18.9. The van der Waals surface area contributed by atoms with E-state index in [0.717, 1.165) is 19.3 Å². The van der Waals surface area contributed by atoms with Gasteiger partial charge in [-0.3, -0.25) is 9.79 Å². The van der Waals surface area contributed by atoms with Crippen LogP contribution in [0.2, 0.25) is 0 Å². The van der Waals surface area contributed by atoms with Crippen LogP contribution in [-0.4, -0.2) is 25.1 Å². The Morgan fingerprint density at radius 3 is 1.64 bits per heavy atom. The second-order valence-corrected chi connectivity index (χ2v) is 8.00. The number of ketones is 1. The van der Waals surface area contributed by atoms with E-state index in [4.69, 9.17) is 5.73 Å². The molecule has 0 aromatic heterocycles. The molecule has 0 radical (unpaired) electrons. The lowest BCUT2D eigenvalue weighted by molar-refractivity contribution is -0.114. The predicted octanol–water partition coefficient (Wildman–Crippen LogP) is 6.96. The third-order valence-electron chi connectivity index (χ3n) is 5.26. The number of aliphatic imine (C=N–C) groups is 1. The highest BCUT2D eigenvalue weighted by Crippen LogP contribution is 2.15. The monoisotopic (exact) mass is 390 g/mol. The Balaban J connectivity index is 3.35. The van der Waals surface area contributed by atoms with Crippen molar-refractivity contribution in [3.8, 4) is 0 Å². The van der Waals surface area contributed by atoms with Crippen LogP contribution in [-0.2, 0) is 4.79 Å². The fourth-order valence-electron chi connectivity index (χ4n) is 3.48. The summed E-state index contributed by atoms with van der Waals surface area (Å²) < 4.78 is 0. The molecule has 0 amide bonds. The van der Waals surface area contributed by atoms with Crippen LogP contribution < -0.4 is 5.73 Å². The molecule has 1 unspecified atom stereocenters. The summed E-state index contributed by atoms with van der Waals surface area (Å²) >= 11 is 0. The maximum atomic E-state index is 11.4. The van der Waals surface area contributed by atoms with Gasteiger partial charge in [0, 0.05) is 25.7 Å². The summed E-state index contributed by atoms with van der Waals surface area (Å²) in [7, 11) is 1.80. The van der Waals surface area contributed by atoms with E-state index in [9.17, 15) is 4.79 Å². The van der Waals surface area contributed by atoms with Gasteiger partial charge >= 0.3 is 0 Å². The number of unbranched alkanes of at least 4 members (excludes halogenated alkanes) is 12. The molecule has 0 saturated heterocycles. The molecule has 0 aromatic carbocycles. The minimum Gasteiger partial charge on any atom is -0.324 e. The molecule has 0 aliphatic carbocycles. The van der Waals surface area contributed by atoms with Gasteiger partial charge in [-0.1, -0.05) is 82.3 Å². The molecule has 0 rings (SSSR count). The summed E-state index contributed by atoms with van der Waals surface area (Å²) in [6.07, 6.45) is 26.3. The summed E-state index contributed by atoms with van der Waals surface area (Å²) in [6.45, 7) is 3.96. The van der Waals surface area contributed by atoms with Gasteiger partial charge in [-0.25, -0.2) is 0 Å². The Kier molecular flexibility index (Phi) is 19.6.